The van der Waals surface area contributed by atoms with Crippen molar-refractivity contribution in [3.05, 3.63) is 65.4 Å². The first-order valence-corrected chi connectivity index (χ1v) is 18.0. The number of hydrogen-bond acceptors (Lipinski definition) is 11. The molecule has 2 aromatic carbocycles. The maximum atomic E-state index is 12.1. The number of fused-ring (bicyclic) bond motifs is 4. The summed E-state index contributed by atoms with van der Waals surface area (Å²) in [7, 11) is 5.45. The van der Waals surface area contributed by atoms with Crippen LogP contribution in [0.1, 0.15) is 42.5 Å². The molecule has 2 N–H and O–H groups in total. The van der Waals surface area contributed by atoms with Crippen LogP contribution >= 0.6 is 0 Å². The van der Waals surface area contributed by atoms with Gasteiger partial charge in [0.2, 0.25) is 0 Å². The number of anilines is 3. The molecule has 3 saturated heterocycles. The molecule has 0 aliphatic carbocycles. The quantitative estimate of drug-likeness (QED) is 0.231. The molecular weight excluding hydrogens is 648 g/mol. The van der Waals surface area contributed by atoms with E-state index in [4.69, 9.17) is 29.2 Å². The van der Waals surface area contributed by atoms with Gasteiger partial charge in [-0.3, -0.25) is 4.90 Å². The Kier molecular flexibility index (Phi) is 9.05. The van der Waals surface area contributed by atoms with Crippen LogP contribution in [0.4, 0.5) is 22.2 Å². The molecule has 6 heterocycles. The second kappa shape index (κ2) is 13.9. The average Bonchev–Trinajstić information content (AvgIpc) is 3.69. The molecule has 13 heteroatoms. The zero-order valence-electron chi connectivity index (χ0n) is 29.5. The summed E-state index contributed by atoms with van der Waals surface area (Å²) in [6.45, 7) is 4.68. The van der Waals surface area contributed by atoms with Gasteiger partial charge in [0.15, 0.2) is 0 Å². The van der Waals surface area contributed by atoms with Gasteiger partial charge < -0.3 is 39.3 Å². The third kappa shape index (κ3) is 6.50. The van der Waals surface area contributed by atoms with Crippen molar-refractivity contribution in [1.82, 2.24) is 24.8 Å². The highest BCUT2D eigenvalue weighted by atomic mass is 16.5. The van der Waals surface area contributed by atoms with Crippen molar-refractivity contribution < 1.29 is 24.1 Å². The molecule has 2 bridgehead atoms. The van der Waals surface area contributed by atoms with Gasteiger partial charge in [-0.1, -0.05) is 24.3 Å². The Morgan fingerprint density at radius 1 is 0.941 bits per heavy atom. The first kappa shape index (κ1) is 33.1. The van der Waals surface area contributed by atoms with Crippen LogP contribution in [-0.4, -0.2) is 108 Å². The molecule has 0 spiro atoms. The summed E-state index contributed by atoms with van der Waals surface area (Å²) in [5.41, 5.74) is 3.05. The molecule has 4 aromatic rings. The Morgan fingerprint density at radius 3 is 2.51 bits per heavy atom. The van der Waals surface area contributed by atoms with Crippen molar-refractivity contribution in [3.8, 4) is 17.5 Å². The largest absolute Gasteiger partial charge is 0.497 e. The van der Waals surface area contributed by atoms with E-state index in [1.54, 1.807) is 19.1 Å². The SMILES string of the molecule is COc1ccc(CNc2cc3ccccc3c(N3CCc4c(nc(OCC5CCCN5C)nc4N4C[C@H]5CC[C@@H](C4)N5C(=O)O)C3)n2)c(OC)c1. The lowest BCUT2D eigenvalue weighted by atomic mass is 10.0. The number of ether oxygens (including phenoxy) is 3. The van der Waals surface area contributed by atoms with Crippen molar-refractivity contribution in [2.75, 3.05) is 69.2 Å². The maximum absolute atomic E-state index is 12.1. The Bertz CT molecular complexity index is 1910. The van der Waals surface area contributed by atoms with Gasteiger partial charge >= 0.3 is 12.1 Å². The number of nitrogens with one attached hydrogen (secondary N) is 1. The van der Waals surface area contributed by atoms with E-state index in [0.29, 0.717) is 44.8 Å². The summed E-state index contributed by atoms with van der Waals surface area (Å²) < 4.78 is 17.4. The number of methoxy groups -OCH3 is 2. The predicted octanol–water partition coefficient (Wildman–Crippen LogP) is 5.02. The van der Waals surface area contributed by atoms with E-state index in [9.17, 15) is 9.90 Å². The number of aromatic nitrogens is 3. The fraction of sp³-hybridized carbons (Fsp3) is 0.474. The Hall–Kier alpha value is -5.04. The van der Waals surface area contributed by atoms with Gasteiger partial charge in [-0.25, -0.2) is 9.78 Å². The maximum Gasteiger partial charge on any atom is 0.407 e. The average molecular weight is 695 g/mol. The number of piperazine rings is 1. The number of nitrogens with zero attached hydrogens (tertiary/aromatic N) is 7. The van der Waals surface area contributed by atoms with Gasteiger partial charge in [-0.15, -0.1) is 0 Å². The number of pyridine rings is 1. The van der Waals surface area contributed by atoms with Gasteiger partial charge in [0.25, 0.3) is 0 Å². The van der Waals surface area contributed by atoms with Crippen molar-refractivity contribution in [2.45, 2.75) is 63.3 Å². The van der Waals surface area contributed by atoms with E-state index in [2.05, 4.69) is 57.4 Å². The summed E-state index contributed by atoms with van der Waals surface area (Å²) >= 11 is 0. The minimum absolute atomic E-state index is 0.0350. The molecule has 4 aliphatic heterocycles. The fourth-order valence-corrected chi connectivity index (χ4v) is 8.34. The van der Waals surface area contributed by atoms with Crippen LogP contribution in [0.15, 0.2) is 48.5 Å². The third-order valence-corrected chi connectivity index (χ3v) is 11.1. The molecule has 3 atom stereocenters. The molecule has 13 nitrogen and oxygen atoms in total. The number of carboxylic acid groups (broad SMARTS) is 1. The van der Waals surface area contributed by atoms with E-state index in [0.717, 1.165) is 102 Å². The van der Waals surface area contributed by atoms with Crippen LogP contribution in [0.3, 0.4) is 0 Å². The van der Waals surface area contributed by atoms with Crippen molar-refractivity contribution in [3.63, 3.8) is 0 Å². The molecule has 4 aliphatic rings. The zero-order chi connectivity index (χ0) is 35.1. The first-order chi connectivity index (χ1) is 24.9. The molecule has 268 valence electrons. The number of carbonyl (C=O) groups is 1. The van der Waals surface area contributed by atoms with Gasteiger partial charge in [0, 0.05) is 54.8 Å². The van der Waals surface area contributed by atoms with Gasteiger partial charge in [-0.2, -0.15) is 9.97 Å². The van der Waals surface area contributed by atoms with Crippen molar-refractivity contribution >= 4 is 34.3 Å². The number of rotatable bonds is 10. The van der Waals surface area contributed by atoms with E-state index >= 15 is 0 Å². The summed E-state index contributed by atoms with van der Waals surface area (Å²) in [6, 6.07) is 16.9. The van der Waals surface area contributed by atoms with Crippen LogP contribution < -0.4 is 29.3 Å². The zero-order valence-corrected chi connectivity index (χ0v) is 29.5. The molecular formula is C38H46N8O5. The van der Waals surface area contributed by atoms with E-state index in [1.807, 2.05) is 18.2 Å². The molecule has 1 unspecified atom stereocenters. The van der Waals surface area contributed by atoms with Gasteiger partial charge in [0.1, 0.15) is 35.6 Å². The van der Waals surface area contributed by atoms with Crippen molar-refractivity contribution in [1.29, 1.82) is 0 Å². The molecule has 8 rings (SSSR count). The lowest BCUT2D eigenvalue weighted by Gasteiger charge is -2.41. The van der Waals surface area contributed by atoms with E-state index < -0.39 is 6.09 Å². The third-order valence-electron chi connectivity index (χ3n) is 11.1. The van der Waals surface area contributed by atoms with Crippen LogP contribution in [0, 0.1) is 0 Å². The monoisotopic (exact) mass is 694 g/mol. The molecule has 1 amide bonds. The summed E-state index contributed by atoms with van der Waals surface area (Å²) in [5, 5.41) is 15.6. The highest BCUT2D eigenvalue weighted by Gasteiger charge is 2.44. The molecule has 0 saturated carbocycles. The Morgan fingerprint density at radius 2 is 1.76 bits per heavy atom. The number of amides is 1. The predicted molar refractivity (Wildman–Crippen MR) is 195 cm³/mol. The fourth-order valence-electron chi connectivity index (χ4n) is 8.34. The number of benzene rings is 2. The normalized spacial score (nSPS) is 21.5. The number of likely N-dealkylation sites (N-methyl/N-ethyl adjacent to an activating group) is 1. The topological polar surface area (TPSA) is 129 Å². The van der Waals surface area contributed by atoms with E-state index in [-0.39, 0.29) is 12.1 Å². The van der Waals surface area contributed by atoms with E-state index in [1.165, 1.54) is 0 Å². The Labute approximate surface area is 298 Å². The highest BCUT2D eigenvalue weighted by Crippen LogP contribution is 2.38. The Balaban J connectivity index is 1.10. The van der Waals surface area contributed by atoms with Gasteiger partial charge in [-0.05, 0) is 69.3 Å². The van der Waals surface area contributed by atoms with Crippen LogP contribution in [0.25, 0.3) is 10.8 Å². The van der Waals surface area contributed by atoms with Crippen LogP contribution in [0.2, 0.25) is 0 Å². The summed E-state index contributed by atoms with van der Waals surface area (Å²) in [5.74, 6) is 4.05. The van der Waals surface area contributed by atoms with Crippen LogP contribution in [-0.2, 0) is 19.5 Å². The molecule has 3 fully saturated rings. The molecule has 51 heavy (non-hydrogen) atoms. The summed E-state index contributed by atoms with van der Waals surface area (Å²) in [4.78, 5) is 35.9. The summed E-state index contributed by atoms with van der Waals surface area (Å²) in [6.07, 6.45) is 3.92. The number of likely N-dealkylation sites (tertiary alicyclic amines) is 1. The van der Waals surface area contributed by atoms with Crippen LogP contribution in [0.5, 0.6) is 17.5 Å². The highest BCUT2D eigenvalue weighted by molar-refractivity contribution is 5.94. The van der Waals surface area contributed by atoms with Crippen molar-refractivity contribution in [2.24, 2.45) is 0 Å². The minimum atomic E-state index is -0.827. The first-order valence-electron chi connectivity index (χ1n) is 18.0. The van der Waals surface area contributed by atoms with Gasteiger partial charge in [0.05, 0.1) is 38.5 Å². The smallest absolute Gasteiger partial charge is 0.407 e. The lowest BCUT2D eigenvalue weighted by molar-refractivity contribution is 0.114. The number of hydrogen-bond donors (Lipinski definition) is 2. The second-order valence-corrected chi connectivity index (χ2v) is 14.1. The standard InChI is InChI=1S/C38H46N8O5/c1-43-15-6-8-28(43)23-51-37-40-32-22-44(16-14-31(32)36(42-37)45-20-26-11-12-27(21-45)46(26)38(47)48)35-30-9-5-4-7-24(30)17-34(41-35)39-19-25-10-13-29(49-2)18-33(25)50-3/h4-5,7,9-10,13,17-18,26-28H,6,8,11-12,14-16,19-23H2,1-3H3,(H,39,41)(H,47,48)/t26-,27+,28?. The lowest BCUT2D eigenvalue weighted by Crippen LogP contribution is -2.56. The molecule has 0 radical (unpaired) electrons. The molecule has 2 aromatic heterocycles. The minimum Gasteiger partial charge on any atom is -0.497 e. The second-order valence-electron chi connectivity index (χ2n) is 14.1.